The van der Waals surface area contributed by atoms with Crippen molar-refractivity contribution in [3.05, 3.63) is 27.1 Å². The lowest BCUT2D eigenvalue weighted by molar-refractivity contribution is -0.127. The lowest BCUT2D eigenvalue weighted by Crippen LogP contribution is -2.51. The van der Waals surface area contributed by atoms with Crippen LogP contribution in [-0.2, 0) is 9.59 Å². The van der Waals surface area contributed by atoms with Crippen molar-refractivity contribution in [2.75, 3.05) is 6.61 Å². The largest absolute Gasteiger partial charge is 0.483 e. The third kappa shape index (κ3) is 7.28. The smallest absolute Gasteiger partial charge is 0.276 e. The van der Waals surface area contributed by atoms with Gasteiger partial charge in [-0.1, -0.05) is 36.7 Å². The van der Waals surface area contributed by atoms with Crippen LogP contribution in [0.1, 0.15) is 20.8 Å². The van der Waals surface area contributed by atoms with Gasteiger partial charge in [-0.3, -0.25) is 20.4 Å². The van der Waals surface area contributed by atoms with Crippen LogP contribution in [0.3, 0.4) is 0 Å². The number of carbonyl (C=O) groups excluding carboxylic acids is 2. The molecule has 0 saturated heterocycles. The molecule has 0 radical (unpaired) electrons. The van der Waals surface area contributed by atoms with E-state index in [2.05, 4.69) is 48.0 Å². The van der Waals surface area contributed by atoms with E-state index in [4.69, 9.17) is 17.0 Å². The van der Waals surface area contributed by atoms with Crippen molar-refractivity contribution in [1.82, 2.24) is 16.2 Å². The van der Waals surface area contributed by atoms with Crippen molar-refractivity contribution in [3.63, 3.8) is 0 Å². The highest BCUT2D eigenvalue weighted by Gasteiger charge is 2.22. The van der Waals surface area contributed by atoms with Gasteiger partial charge in [-0.2, -0.15) is 0 Å². The first-order valence-electron chi connectivity index (χ1n) is 6.57. The molecule has 6 nitrogen and oxygen atoms in total. The van der Waals surface area contributed by atoms with Gasteiger partial charge < -0.3 is 10.1 Å². The van der Waals surface area contributed by atoms with Gasteiger partial charge in [0.1, 0.15) is 5.75 Å². The Morgan fingerprint density at radius 3 is 2.43 bits per heavy atom. The normalized spacial score (nSPS) is 10.7. The van der Waals surface area contributed by atoms with E-state index in [1.165, 1.54) is 0 Å². The number of benzene rings is 1. The average molecular weight is 467 g/mol. The van der Waals surface area contributed by atoms with E-state index in [1.807, 2.05) is 6.07 Å². The molecule has 1 rings (SSSR count). The second kappa shape index (κ2) is 8.60. The lowest BCUT2D eigenvalue weighted by Gasteiger charge is -2.18. The summed E-state index contributed by atoms with van der Waals surface area (Å²) in [4.78, 5) is 23.4. The predicted octanol–water partition coefficient (Wildman–Crippen LogP) is 2.66. The van der Waals surface area contributed by atoms with Crippen LogP contribution in [0.5, 0.6) is 5.75 Å². The van der Waals surface area contributed by atoms with Crippen LogP contribution >= 0.6 is 44.1 Å². The van der Waals surface area contributed by atoms with Crippen LogP contribution in [0.2, 0.25) is 0 Å². The summed E-state index contributed by atoms with van der Waals surface area (Å²) in [6.45, 7) is 5.07. The number of hydrazine groups is 1. The van der Waals surface area contributed by atoms with Gasteiger partial charge in [0.2, 0.25) is 5.91 Å². The van der Waals surface area contributed by atoms with E-state index in [9.17, 15) is 9.59 Å². The molecule has 0 spiro atoms. The number of carbonyl (C=O) groups is 2. The molecule has 9 heteroatoms. The molecule has 0 aliphatic carbocycles. The highest BCUT2D eigenvalue weighted by molar-refractivity contribution is 9.11. The summed E-state index contributed by atoms with van der Waals surface area (Å²) in [6, 6.07) is 5.33. The number of nitrogens with one attached hydrogen (secondary N) is 3. The van der Waals surface area contributed by atoms with E-state index in [1.54, 1.807) is 32.9 Å². The van der Waals surface area contributed by atoms with E-state index in [0.717, 1.165) is 8.95 Å². The van der Waals surface area contributed by atoms with Crippen molar-refractivity contribution >= 4 is 61.0 Å². The van der Waals surface area contributed by atoms with Gasteiger partial charge in [0.05, 0.1) is 4.47 Å². The first-order valence-corrected chi connectivity index (χ1v) is 8.57. The first kappa shape index (κ1) is 19.9. The minimum atomic E-state index is -0.577. The summed E-state index contributed by atoms with van der Waals surface area (Å²) in [5.74, 6) is -0.154. The fraction of sp³-hybridized carbons (Fsp3) is 0.357. The number of hydrogen-bond donors (Lipinski definition) is 3. The number of rotatable bonds is 3. The van der Waals surface area contributed by atoms with Crippen LogP contribution in [0.15, 0.2) is 27.1 Å². The van der Waals surface area contributed by atoms with E-state index < -0.39 is 11.3 Å². The second-order valence-electron chi connectivity index (χ2n) is 5.57. The number of halogens is 2. The average Bonchev–Trinajstić information content (AvgIpc) is 2.43. The highest BCUT2D eigenvalue weighted by Crippen LogP contribution is 2.27. The Morgan fingerprint density at radius 1 is 1.22 bits per heavy atom. The molecule has 3 N–H and O–H groups in total. The summed E-state index contributed by atoms with van der Waals surface area (Å²) < 4.78 is 6.99. The maximum atomic E-state index is 11.7. The van der Waals surface area contributed by atoms with Gasteiger partial charge in [-0.25, -0.2) is 0 Å². The summed E-state index contributed by atoms with van der Waals surface area (Å²) in [5, 5.41) is 2.49. The summed E-state index contributed by atoms with van der Waals surface area (Å²) >= 11 is 11.6. The monoisotopic (exact) mass is 465 g/mol. The Labute approximate surface area is 157 Å². The molecular weight excluding hydrogens is 450 g/mol. The van der Waals surface area contributed by atoms with Gasteiger partial charge in [0.15, 0.2) is 11.7 Å². The third-order valence-corrected chi connectivity index (χ3v) is 3.79. The summed E-state index contributed by atoms with van der Waals surface area (Å²) in [6.07, 6.45) is 0. The fourth-order valence-electron chi connectivity index (χ4n) is 1.22. The molecule has 1 aromatic rings. The molecule has 0 aliphatic heterocycles. The van der Waals surface area contributed by atoms with Crippen LogP contribution < -0.4 is 20.9 Å². The molecule has 23 heavy (non-hydrogen) atoms. The van der Waals surface area contributed by atoms with Crippen molar-refractivity contribution in [2.45, 2.75) is 20.8 Å². The van der Waals surface area contributed by atoms with Crippen LogP contribution in [-0.4, -0.2) is 23.5 Å². The number of ether oxygens (including phenoxy) is 1. The number of amides is 2. The molecule has 126 valence electrons. The quantitative estimate of drug-likeness (QED) is 0.471. The predicted molar refractivity (Wildman–Crippen MR) is 98.8 cm³/mol. The van der Waals surface area contributed by atoms with Crippen LogP contribution in [0, 0.1) is 5.41 Å². The molecule has 0 aromatic heterocycles. The molecule has 0 aliphatic rings. The number of thiocarbonyl (C=S) groups is 1. The molecular formula is C14H17Br2N3O3S. The van der Waals surface area contributed by atoms with Gasteiger partial charge in [0, 0.05) is 9.89 Å². The van der Waals surface area contributed by atoms with Gasteiger partial charge in [-0.05, 0) is 46.3 Å². The standard InChI is InChI=1S/C14H17Br2N3O3S/c1-14(2,3)12(21)17-13(23)19-18-11(20)7-22-10-5-4-8(15)6-9(10)16/h4-6H,7H2,1-3H3,(H,18,20)(H2,17,19,21,23). The lowest BCUT2D eigenvalue weighted by atomic mass is 9.96. The second-order valence-corrected chi connectivity index (χ2v) is 7.75. The highest BCUT2D eigenvalue weighted by atomic mass is 79.9. The topological polar surface area (TPSA) is 79.5 Å². The molecule has 0 atom stereocenters. The van der Waals surface area contributed by atoms with Crippen molar-refractivity contribution in [2.24, 2.45) is 5.41 Å². The minimum absolute atomic E-state index is 0.0168. The van der Waals surface area contributed by atoms with Crippen molar-refractivity contribution < 1.29 is 14.3 Å². The minimum Gasteiger partial charge on any atom is -0.483 e. The zero-order chi connectivity index (χ0) is 17.6. The van der Waals surface area contributed by atoms with E-state index in [-0.39, 0.29) is 17.6 Å². The van der Waals surface area contributed by atoms with Gasteiger partial charge in [0.25, 0.3) is 5.91 Å². The SMILES string of the molecule is CC(C)(C)C(=O)NC(=S)NNC(=O)COc1ccc(Br)cc1Br. The van der Waals surface area contributed by atoms with Crippen molar-refractivity contribution in [1.29, 1.82) is 0 Å². The molecule has 0 saturated carbocycles. The molecule has 0 heterocycles. The van der Waals surface area contributed by atoms with Crippen molar-refractivity contribution in [3.8, 4) is 5.75 Å². The molecule has 0 fully saturated rings. The summed E-state index contributed by atoms with van der Waals surface area (Å²) in [5.41, 5.74) is 4.22. The Balaban J connectivity index is 2.37. The Morgan fingerprint density at radius 2 is 1.87 bits per heavy atom. The zero-order valence-corrected chi connectivity index (χ0v) is 16.8. The van der Waals surface area contributed by atoms with E-state index in [0.29, 0.717) is 5.75 Å². The van der Waals surface area contributed by atoms with Gasteiger partial charge in [-0.15, -0.1) is 0 Å². The van der Waals surface area contributed by atoms with Crippen LogP contribution in [0.4, 0.5) is 0 Å². The van der Waals surface area contributed by atoms with E-state index >= 15 is 0 Å². The summed E-state index contributed by atoms with van der Waals surface area (Å²) in [7, 11) is 0. The number of hydrogen-bond acceptors (Lipinski definition) is 4. The Bertz CT molecular complexity index is 618. The molecule has 0 bridgehead atoms. The third-order valence-electron chi connectivity index (χ3n) is 2.48. The molecule has 1 aromatic carbocycles. The maximum Gasteiger partial charge on any atom is 0.276 e. The van der Waals surface area contributed by atoms with Gasteiger partial charge >= 0.3 is 0 Å². The molecule has 2 amide bonds. The first-order chi connectivity index (χ1) is 10.6. The maximum absolute atomic E-state index is 11.7. The zero-order valence-electron chi connectivity index (χ0n) is 12.8. The fourth-order valence-corrected chi connectivity index (χ4v) is 2.53. The Kier molecular flexibility index (Phi) is 7.43. The van der Waals surface area contributed by atoms with Crippen LogP contribution in [0.25, 0.3) is 0 Å². The Hall–Kier alpha value is -1.19. The molecule has 0 unspecified atom stereocenters.